The highest BCUT2D eigenvalue weighted by Crippen LogP contribution is 2.28. The third-order valence-electron chi connectivity index (χ3n) is 4.45. The molecular formula is C21H29NO3. The highest BCUT2D eigenvalue weighted by Gasteiger charge is 2.15. The first-order chi connectivity index (χ1) is 11.8. The lowest BCUT2D eigenvalue weighted by Gasteiger charge is -2.24. The molecule has 0 fully saturated rings. The quantitative estimate of drug-likeness (QED) is 0.798. The number of methoxy groups -OCH3 is 1. The van der Waals surface area contributed by atoms with Gasteiger partial charge in [0.25, 0.3) is 0 Å². The average molecular weight is 343 g/mol. The van der Waals surface area contributed by atoms with Gasteiger partial charge in [0.15, 0.2) is 0 Å². The number of aryl methyl sites for hydroxylation is 4. The third-order valence-corrected chi connectivity index (χ3v) is 4.45. The first kappa shape index (κ1) is 19.3. The third kappa shape index (κ3) is 4.97. The van der Waals surface area contributed by atoms with Crippen LogP contribution in [-0.2, 0) is 17.8 Å². The summed E-state index contributed by atoms with van der Waals surface area (Å²) in [7, 11) is 1.68. The van der Waals surface area contributed by atoms with Gasteiger partial charge in [-0.25, -0.2) is 0 Å². The van der Waals surface area contributed by atoms with Crippen LogP contribution in [0.25, 0.3) is 0 Å². The van der Waals surface area contributed by atoms with E-state index in [0.717, 1.165) is 39.9 Å². The largest absolute Gasteiger partial charge is 0.507 e. The van der Waals surface area contributed by atoms with Crippen molar-refractivity contribution in [3.8, 4) is 11.5 Å². The van der Waals surface area contributed by atoms with Crippen molar-refractivity contribution >= 4 is 0 Å². The second kappa shape index (κ2) is 8.37. The monoisotopic (exact) mass is 343 g/mol. The van der Waals surface area contributed by atoms with Gasteiger partial charge >= 0.3 is 0 Å². The molecule has 0 amide bonds. The number of hydrogen-bond donors (Lipinski definition) is 2. The van der Waals surface area contributed by atoms with Crippen molar-refractivity contribution in [1.29, 1.82) is 0 Å². The molecule has 136 valence electrons. The van der Waals surface area contributed by atoms with Gasteiger partial charge in [-0.2, -0.15) is 0 Å². The number of phenolic OH excluding ortho intramolecular Hbond substituents is 2. The van der Waals surface area contributed by atoms with E-state index in [4.69, 9.17) is 4.74 Å². The number of rotatable bonds is 7. The minimum Gasteiger partial charge on any atom is -0.507 e. The normalized spacial score (nSPS) is 11.3. The van der Waals surface area contributed by atoms with E-state index in [1.807, 2.05) is 52.0 Å². The molecular weight excluding hydrogens is 314 g/mol. The molecule has 2 aromatic carbocycles. The zero-order chi connectivity index (χ0) is 18.6. The van der Waals surface area contributed by atoms with Crippen LogP contribution in [0, 0.1) is 27.7 Å². The predicted octanol–water partition coefficient (Wildman–Crippen LogP) is 3.98. The maximum Gasteiger partial charge on any atom is 0.122 e. The fraction of sp³-hybridized carbons (Fsp3) is 0.429. The standard InChI is InChI=1S/C21H29NO3/c1-14-8-16(3)20(23)18(10-14)12-22(6-7-25-5)13-19-11-15(2)9-17(4)21(19)24/h8-11,23-24H,6-7,12-13H2,1-5H3. The lowest BCUT2D eigenvalue weighted by atomic mass is 10.0. The molecule has 4 heteroatoms. The van der Waals surface area contributed by atoms with Gasteiger partial charge in [-0.15, -0.1) is 0 Å². The molecule has 2 rings (SSSR count). The van der Waals surface area contributed by atoms with Gasteiger partial charge in [0, 0.05) is 37.9 Å². The van der Waals surface area contributed by atoms with Crippen molar-refractivity contribution in [3.05, 3.63) is 57.6 Å². The predicted molar refractivity (Wildman–Crippen MR) is 101 cm³/mol. The number of phenols is 2. The van der Waals surface area contributed by atoms with E-state index >= 15 is 0 Å². The SMILES string of the molecule is COCCN(Cc1cc(C)cc(C)c1O)Cc1cc(C)cc(C)c1O. The number of hydrogen-bond acceptors (Lipinski definition) is 4. The molecule has 0 aromatic heterocycles. The summed E-state index contributed by atoms with van der Waals surface area (Å²) in [6, 6.07) is 8.00. The highest BCUT2D eigenvalue weighted by atomic mass is 16.5. The van der Waals surface area contributed by atoms with Crippen molar-refractivity contribution in [2.45, 2.75) is 40.8 Å². The van der Waals surface area contributed by atoms with Crippen molar-refractivity contribution in [2.75, 3.05) is 20.3 Å². The second-order valence-corrected chi connectivity index (χ2v) is 6.88. The van der Waals surface area contributed by atoms with Gasteiger partial charge in [-0.3, -0.25) is 4.90 Å². The first-order valence-corrected chi connectivity index (χ1v) is 8.61. The van der Waals surface area contributed by atoms with Crippen LogP contribution in [0.5, 0.6) is 11.5 Å². The van der Waals surface area contributed by atoms with E-state index in [1.54, 1.807) is 7.11 Å². The van der Waals surface area contributed by atoms with Crippen LogP contribution in [0.15, 0.2) is 24.3 Å². The Labute approximate surface area is 150 Å². The minimum absolute atomic E-state index is 0.345. The van der Waals surface area contributed by atoms with Gasteiger partial charge < -0.3 is 14.9 Å². The Hall–Kier alpha value is -2.04. The number of aromatic hydroxyl groups is 2. The van der Waals surface area contributed by atoms with Gasteiger partial charge in [-0.1, -0.05) is 35.4 Å². The fourth-order valence-electron chi connectivity index (χ4n) is 3.25. The van der Waals surface area contributed by atoms with E-state index in [1.165, 1.54) is 0 Å². The molecule has 4 nitrogen and oxygen atoms in total. The van der Waals surface area contributed by atoms with Crippen LogP contribution >= 0.6 is 0 Å². The summed E-state index contributed by atoms with van der Waals surface area (Å²) in [5.74, 6) is 0.690. The Bertz CT molecular complexity index is 681. The summed E-state index contributed by atoms with van der Waals surface area (Å²) in [6.45, 7) is 10.4. The topological polar surface area (TPSA) is 52.9 Å². The Morgan fingerprint density at radius 3 is 1.64 bits per heavy atom. The zero-order valence-corrected chi connectivity index (χ0v) is 15.9. The molecule has 0 saturated heterocycles. The number of ether oxygens (including phenoxy) is 1. The Balaban J connectivity index is 2.28. The molecule has 0 saturated carbocycles. The maximum absolute atomic E-state index is 10.4. The molecule has 0 bridgehead atoms. The Morgan fingerprint density at radius 2 is 1.24 bits per heavy atom. The van der Waals surface area contributed by atoms with Crippen molar-refractivity contribution in [3.63, 3.8) is 0 Å². The molecule has 0 aliphatic rings. The summed E-state index contributed by atoms with van der Waals surface area (Å²) in [6.07, 6.45) is 0. The van der Waals surface area contributed by atoms with E-state index in [2.05, 4.69) is 4.90 Å². The van der Waals surface area contributed by atoms with E-state index in [0.29, 0.717) is 31.2 Å². The summed E-state index contributed by atoms with van der Waals surface area (Å²) >= 11 is 0. The molecule has 0 radical (unpaired) electrons. The summed E-state index contributed by atoms with van der Waals surface area (Å²) in [5, 5.41) is 20.8. The van der Waals surface area contributed by atoms with Crippen LogP contribution in [0.1, 0.15) is 33.4 Å². The molecule has 0 spiro atoms. The van der Waals surface area contributed by atoms with E-state index in [-0.39, 0.29) is 0 Å². The van der Waals surface area contributed by atoms with Crippen molar-refractivity contribution in [2.24, 2.45) is 0 Å². The summed E-state index contributed by atoms with van der Waals surface area (Å²) in [5.41, 5.74) is 5.83. The molecule has 0 unspecified atom stereocenters. The van der Waals surface area contributed by atoms with Crippen molar-refractivity contribution < 1.29 is 14.9 Å². The zero-order valence-electron chi connectivity index (χ0n) is 15.9. The summed E-state index contributed by atoms with van der Waals surface area (Å²) < 4.78 is 5.24. The van der Waals surface area contributed by atoms with E-state index in [9.17, 15) is 10.2 Å². The molecule has 0 heterocycles. The molecule has 25 heavy (non-hydrogen) atoms. The van der Waals surface area contributed by atoms with Crippen molar-refractivity contribution in [1.82, 2.24) is 4.90 Å². The Kier molecular flexibility index (Phi) is 6.45. The van der Waals surface area contributed by atoms with Crippen LogP contribution in [-0.4, -0.2) is 35.4 Å². The number of benzene rings is 2. The van der Waals surface area contributed by atoms with Gasteiger partial charge in [0.2, 0.25) is 0 Å². The highest BCUT2D eigenvalue weighted by molar-refractivity contribution is 5.44. The van der Waals surface area contributed by atoms with Gasteiger partial charge in [0.1, 0.15) is 11.5 Å². The number of nitrogens with zero attached hydrogens (tertiary/aromatic N) is 1. The average Bonchev–Trinajstić information content (AvgIpc) is 2.54. The van der Waals surface area contributed by atoms with Crippen LogP contribution in [0.4, 0.5) is 0 Å². The second-order valence-electron chi connectivity index (χ2n) is 6.88. The minimum atomic E-state index is 0.345. The Morgan fingerprint density at radius 1 is 0.800 bits per heavy atom. The molecule has 0 aliphatic carbocycles. The smallest absolute Gasteiger partial charge is 0.122 e. The molecule has 2 N–H and O–H groups in total. The maximum atomic E-state index is 10.4. The van der Waals surface area contributed by atoms with Crippen LogP contribution < -0.4 is 0 Å². The van der Waals surface area contributed by atoms with Crippen LogP contribution in [0.2, 0.25) is 0 Å². The molecule has 0 atom stereocenters. The molecule has 2 aromatic rings. The van der Waals surface area contributed by atoms with Gasteiger partial charge in [0.05, 0.1) is 6.61 Å². The molecule has 0 aliphatic heterocycles. The van der Waals surface area contributed by atoms with E-state index < -0.39 is 0 Å². The lowest BCUT2D eigenvalue weighted by molar-refractivity contribution is 0.139. The summed E-state index contributed by atoms with van der Waals surface area (Å²) in [4.78, 5) is 2.19. The van der Waals surface area contributed by atoms with Crippen LogP contribution in [0.3, 0.4) is 0 Å². The van der Waals surface area contributed by atoms with Gasteiger partial charge in [-0.05, 0) is 38.8 Å². The lowest BCUT2D eigenvalue weighted by Crippen LogP contribution is -2.27. The fourth-order valence-corrected chi connectivity index (χ4v) is 3.25. The first-order valence-electron chi connectivity index (χ1n) is 8.61.